The average molecular weight is 1260 g/mol. The van der Waals surface area contributed by atoms with Crippen molar-refractivity contribution < 1.29 is 96.3 Å². The maximum absolute atomic E-state index is 13.6. The Morgan fingerprint density at radius 3 is 1.93 bits per heavy atom. The minimum Gasteiger partial charge on any atom is -0.478 e. The number of aromatic carboxylic acids is 1. The van der Waals surface area contributed by atoms with Gasteiger partial charge < -0.3 is 44.6 Å². The Hall–Kier alpha value is -6.85. The number of nitrogen functional groups attached to an aromatic ring is 1. The van der Waals surface area contributed by atoms with Gasteiger partial charge in [0.1, 0.15) is 30.8 Å². The predicted molar refractivity (Wildman–Crippen MR) is 288 cm³/mol. The van der Waals surface area contributed by atoms with E-state index in [9.17, 15) is 78.7 Å². The number of methoxy groups -OCH3 is 1. The lowest BCUT2D eigenvalue weighted by atomic mass is 9.89. The summed E-state index contributed by atoms with van der Waals surface area (Å²) in [5.41, 5.74) is 0.486. The number of rotatable bonds is 24. The van der Waals surface area contributed by atoms with Gasteiger partial charge in [-0.25, -0.2) is 23.5 Å². The molecule has 8 rings (SSSR count). The highest BCUT2D eigenvalue weighted by molar-refractivity contribution is 7.86. The van der Waals surface area contributed by atoms with E-state index in [1.54, 1.807) is 0 Å². The fourth-order valence-electron chi connectivity index (χ4n) is 9.52. The molecule has 2 aromatic heterocycles. The third-order valence-corrected chi connectivity index (χ3v) is 17.4. The SMILES string of the molecule is CO[C@@H]1C[C@H](n2cc(C)c(=O)[nH]c2=O)O[C@@H]1COP(=O)(O)O[C@@H]1C[C@H](n2cc(C)c(=O)[nH]c2=O)O[C@@H]1COP(=O)(O)OCCCCCCNC(=O)c1ccc(C(=O)O)c(-c2c3ccc(=N)c(S(=O)(=O)O)c-3oc3c(S(=O)(=O)O)c(N)ccc23)c1. The van der Waals surface area contributed by atoms with Gasteiger partial charge >= 0.3 is 33.0 Å². The van der Waals surface area contributed by atoms with Gasteiger partial charge in [0.2, 0.25) is 0 Å². The van der Waals surface area contributed by atoms with Crippen LogP contribution in [0.3, 0.4) is 0 Å². The number of aromatic nitrogens is 4. The van der Waals surface area contributed by atoms with Crippen LogP contribution in [0, 0.1) is 19.3 Å². The van der Waals surface area contributed by atoms with Crippen LogP contribution in [-0.4, -0.2) is 130 Å². The molecule has 0 saturated carbocycles. The number of carbonyl (C=O) groups is 2. The monoisotopic (exact) mass is 1260 g/mol. The molecule has 0 spiro atoms. The fourth-order valence-corrected chi connectivity index (χ4v) is 12.7. The molecule has 5 heterocycles. The van der Waals surface area contributed by atoms with E-state index in [2.05, 4.69) is 15.3 Å². The summed E-state index contributed by atoms with van der Waals surface area (Å²) in [5, 5.41) is 20.1. The minimum absolute atomic E-state index is 0.0412. The number of phosphoric ester groups is 2. The second-order valence-electron chi connectivity index (χ2n) is 19.3. The van der Waals surface area contributed by atoms with Crippen LogP contribution in [-0.2, 0) is 61.7 Å². The Kier molecular flexibility index (Phi) is 18.8. The molecule has 36 heteroatoms. The summed E-state index contributed by atoms with van der Waals surface area (Å²) in [6, 6.07) is 7.68. The van der Waals surface area contributed by atoms with Crippen molar-refractivity contribution in [3.63, 3.8) is 0 Å². The standard InChI is InChI=1S/C48H55N7O25P2S2/c1-23-19-54(47(61)52-43(23)56)36-17-32(73-3)34(77-36)21-76-82(65,66)80-33-18-37(55-20-24(2)44(57)53-48(55)62)78-35(33)22-75-81(63,64)74-15-7-5-4-6-14-51-45(58)25-8-9-26(46(59)60)29(16-25)38-27-10-12-30(49)41(83(67,68)69)39(27)79-40-28(38)11-13-31(50)42(40)84(70,71)72/h8-13,16,19-20,32-37,49H,4-7,14-15,17-18,21-22,50H2,1-3H3,(H,51,58)(H,59,60)(H,63,64)(H,65,66)(H,52,56,61)(H,53,57,62)(H,67,68,69)(H,70,71,72)/t32-,33-,34-,35-,36-,37-/m1/s1. The normalized spacial score (nSPS) is 20.7. The number of nitrogens with two attached hydrogens (primary N) is 1. The summed E-state index contributed by atoms with van der Waals surface area (Å²) in [7, 11) is -19.2. The third kappa shape index (κ3) is 14.1. The number of nitrogens with one attached hydrogen (secondary N) is 4. The fraction of sp³-hybridized carbons (Fsp3) is 0.396. The van der Waals surface area contributed by atoms with Crippen molar-refractivity contribution in [3.8, 4) is 22.5 Å². The number of nitrogens with zero attached hydrogens (tertiary/aromatic N) is 2. The van der Waals surface area contributed by atoms with Crippen LogP contribution < -0.4 is 38.9 Å². The van der Waals surface area contributed by atoms with Gasteiger partial charge in [0.25, 0.3) is 37.3 Å². The number of carbonyl (C=O) groups excluding carboxylic acids is 1. The van der Waals surface area contributed by atoms with Gasteiger partial charge in [0, 0.05) is 72.1 Å². The molecule has 0 bridgehead atoms. The number of aryl methyl sites for hydroxylation is 2. The molecule has 2 aromatic carbocycles. The second-order valence-corrected chi connectivity index (χ2v) is 24.9. The van der Waals surface area contributed by atoms with Crippen LogP contribution in [0.1, 0.15) is 82.8 Å². The Bertz CT molecular complexity index is 4180. The number of hydrogen-bond acceptors (Lipinski definition) is 22. The van der Waals surface area contributed by atoms with Gasteiger partial charge in [-0.15, -0.1) is 0 Å². The van der Waals surface area contributed by atoms with Gasteiger partial charge in [0.15, 0.2) is 21.1 Å². The van der Waals surface area contributed by atoms with E-state index in [0.29, 0.717) is 19.3 Å². The Morgan fingerprint density at radius 2 is 1.35 bits per heavy atom. The van der Waals surface area contributed by atoms with Crippen molar-refractivity contribution in [2.75, 3.05) is 39.2 Å². The zero-order chi connectivity index (χ0) is 61.4. The minimum atomic E-state index is -5.29. The first-order valence-corrected chi connectivity index (χ1v) is 31.0. The number of amides is 1. The van der Waals surface area contributed by atoms with Crippen LogP contribution in [0.15, 0.2) is 88.2 Å². The number of phosphoric acid groups is 2. The van der Waals surface area contributed by atoms with Crippen molar-refractivity contribution in [2.24, 2.45) is 0 Å². The van der Waals surface area contributed by atoms with Crippen LogP contribution in [0.4, 0.5) is 5.69 Å². The quantitative estimate of drug-likeness (QED) is 0.0137. The smallest absolute Gasteiger partial charge is 0.472 e. The average Bonchev–Trinajstić information content (AvgIpc) is 1.23. The summed E-state index contributed by atoms with van der Waals surface area (Å²) >= 11 is 0. The largest absolute Gasteiger partial charge is 0.478 e. The molecule has 1 aliphatic carbocycles. The highest BCUT2D eigenvalue weighted by Crippen LogP contribution is 2.51. The van der Waals surface area contributed by atoms with E-state index >= 15 is 0 Å². The molecule has 2 unspecified atom stereocenters. The zero-order valence-corrected chi connectivity index (χ0v) is 47.7. The molecular weight excluding hydrogens is 1200 g/mol. The number of benzene rings is 3. The van der Waals surface area contributed by atoms with E-state index in [4.69, 9.17) is 47.9 Å². The van der Waals surface area contributed by atoms with Crippen LogP contribution in [0.2, 0.25) is 0 Å². The second kappa shape index (κ2) is 25.0. The van der Waals surface area contributed by atoms with Crippen molar-refractivity contribution in [2.45, 2.75) is 99.0 Å². The molecular formula is C48H55N7O25P2S2. The molecule has 3 aliphatic heterocycles. The number of H-pyrrole nitrogens is 2. The van der Waals surface area contributed by atoms with Gasteiger partial charge in [-0.1, -0.05) is 12.8 Å². The lowest BCUT2D eigenvalue weighted by Crippen LogP contribution is -2.33. The zero-order valence-electron chi connectivity index (χ0n) is 44.3. The summed E-state index contributed by atoms with van der Waals surface area (Å²) in [5.74, 6) is -3.09. The van der Waals surface area contributed by atoms with E-state index in [1.165, 1.54) is 45.5 Å². The first-order valence-electron chi connectivity index (χ1n) is 25.1. The van der Waals surface area contributed by atoms with Crippen molar-refractivity contribution in [1.82, 2.24) is 24.4 Å². The molecule has 32 nitrogen and oxygen atoms in total. The number of carboxylic acids is 1. The lowest BCUT2D eigenvalue weighted by Gasteiger charge is -2.23. The molecule has 454 valence electrons. The van der Waals surface area contributed by atoms with Gasteiger partial charge in [-0.05, 0) is 74.7 Å². The number of fused-ring (bicyclic) bond motifs is 2. The molecule has 4 aromatic rings. The number of aromatic amines is 2. The number of anilines is 1. The number of carboxylic acid groups (broad SMARTS) is 1. The molecule has 84 heavy (non-hydrogen) atoms. The first kappa shape index (κ1) is 63.2. The van der Waals surface area contributed by atoms with E-state index in [1.807, 2.05) is 0 Å². The molecule has 0 radical (unpaired) electrons. The Labute approximate surface area is 473 Å². The Morgan fingerprint density at radius 1 is 0.774 bits per heavy atom. The third-order valence-electron chi connectivity index (χ3n) is 13.6. The van der Waals surface area contributed by atoms with Gasteiger partial charge in [-0.3, -0.25) is 66.1 Å². The highest BCUT2D eigenvalue weighted by atomic mass is 32.2. The lowest BCUT2D eigenvalue weighted by molar-refractivity contribution is -0.0618. The summed E-state index contributed by atoms with van der Waals surface area (Å²) < 4.78 is 143. The van der Waals surface area contributed by atoms with E-state index < -0.39 is 158 Å². The van der Waals surface area contributed by atoms with Crippen molar-refractivity contribution in [1.29, 1.82) is 5.41 Å². The van der Waals surface area contributed by atoms with Crippen molar-refractivity contribution >= 4 is 64.4 Å². The van der Waals surface area contributed by atoms with Crippen LogP contribution in [0.25, 0.3) is 33.4 Å². The van der Waals surface area contributed by atoms with Gasteiger partial charge in [-0.2, -0.15) is 16.8 Å². The molecule has 11 N–H and O–H groups in total. The van der Waals surface area contributed by atoms with E-state index in [-0.39, 0.29) is 71.2 Å². The number of hydrogen-bond donors (Lipinski definition) is 10. The summed E-state index contributed by atoms with van der Waals surface area (Å²) in [4.78, 5) is 99.2. The molecule has 8 atom stereocenters. The molecule has 1 amide bonds. The number of unbranched alkanes of at least 4 members (excludes halogenated alkanes) is 3. The predicted octanol–water partition coefficient (Wildman–Crippen LogP) is 2.69. The highest BCUT2D eigenvalue weighted by Gasteiger charge is 2.45. The molecule has 2 fully saturated rings. The van der Waals surface area contributed by atoms with Crippen LogP contribution >= 0.6 is 15.6 Å². The topological polar surface area (TPSA) is 487 Å². The summed E-state index contributed by atoms with van der Waals surface area (Å²) in [6.45, 7) is 1.17. The Balaban J connectivity index is 0.872. The summed E-state index contributed by atoms with van der Waals surface area (Å²) in [6.07, 6.45) is -3.47. The van der Waals surface area contributed by atoms with E-state index in [0.717, 1.165) is 39.5 Å². The maximum atomic E-state index is 13.6. The first-order chi connectivity index (χ1) is 39.4. The number of ether oxygens (including phenoxy) is 3. The van der Waals surface area contributed by atoms with Crippen molar-refractivity contribution in [3.05, 3.63) is 124 Å². The molecule has 2 saturated heterocycles. The van der Waals surface area contributed by atoms with Gasteiger partial charge in [0.05, 0.1) is 42.5 Å². The molecule has 4 aliphatic rings. The van der Waals surface area contributed by atoms with Crippen LogP contribution in [0.5, 0.6) is 0 Å². The maximum Gasteiger partial charge on any atom is 0.472 e.